The molecule has 152 valence electrons. The van der Waals surface area contributed by atoms with Crippen molar-refractivity contribution < 1.29 is 14.6 Å². The number of hydrogen-bond donors (Lipinski definition) is 3. The van der Waals surface area contributed by atoms with Gasteiger partial charge in [0.15, 0.2) is 0 Å². The van der Waals surface area contributed by atoms with Crippen LogP contribution in [-0.4, -0.2) is 42.9 Å². The van der Waals surface area contributed by atoms with Crippen molar-refractivity contribution in [2.24, 2.45) is 0 Å². The highest BCUT2D eigenvalue weighted by Crippen LogP contribution is 2.28. The summed E-state index contributed by atoms with van der Waals surface area (Å²) in [5.41, 5.74) is 2.32. The quantitative estimate of drug-likeness (QED) is 0.626. The molecule has 1 saturated heterocycles. The Labute approximate surface area is 171 Å². The highest BCUT2D eigenvalue weighted by molar-refractivity contribution is 5.89. The lowest BCUT2D eigenvalue weighted by atomic mass is 9.82. The Morgan fingerprint density at radius 3 is 2.45 bits per heavy atom. The molecule has 3 rings (SSSR count). The van der Waals surface area contributed by atoms with Gasteiger partial charge < -0.3 is 20.5 Å². The van der Waals surface area contributed by atoms with E-state index in [2.05, 4.69) is 16.7 Å². The maximum Gasteiger partial charge on any atom is 0.337 e. The van der Waals surface area contributed by atoms with Crippen molar-refractivity contribution >= 4 is 11.7 Å². The van der Waals surface area contributed by atoms with Gasteiger partial charge in [-0.3, -0.25) is 0 Å². The second-order valence-electron chi connectivity index (χ2n) is 7.47. The first kappa shape index (κ1) is 20.8. The molecule has 29 heavy (non-hydrogen) atoms. The number of rotatable bonds is 7. The molecule has 0 saturated carbocycles. The third kappa shape index (κ3) is 5.35. The van der Waals surface area contributed by atoms with E-state index in [1.165, 1.54) is 7.11 Å². The average molecular weight is 393 g/mol. The molecule has 1 fully saturated rings. The Hall–Kier alpha value is -2.88. The predicted octanol–water partition coefficient (Wildman–Crippen LogP) is 2.87. The Morgan fingerprint density at radius 2 is 1.86 bits per heavy atom. The van der Waals surface area contributed by atoms with E-state index in [9.17, 15) is 9.90 Å². The zero-order chi connectivity index (χ0) is 20.7. The zero-order valence-electron chi connectivity index (χ0n) is 16.6. The van der Waals surface area contributed by atoms with E-state index in [1.54, 1.807) is 12.1 Å². The van der Waals surface area contributed by atoms with Gasteiger partial charge in [0, 0.05) is 5.69 Å². The number of nitrogens with zero attached hydrogens (tertiary/aromatic N) is 1. The molecule has 0 amide bonds. The van der Waals surface area contributed by atoms with E-state index in [1.807, 2.05) is 36.4 Å². The maximum atomic E-state index is 11.6. The summed E-state index contributed by atoms with van der Waals surface area (Å²) in [4.78, 5) is 11.6. The Balaban J connectivity index is 1.73. The molecule has 1 aliphatic rings. The third-order valence-electron chi connectivity index (χ3n) is 5.57. The number of nitrogens with one attached hydrogen (secondary N) is 2. The highest BCUT2D eigenvalue weighted by atomic mass is 16.5. The molecule has 1 aliphatic heterocycles. The normalized spacial score (nSPS) is 16.4. The minimum atomic E-state index is -0.807. The molecule has 0 spiro atoms. The van der Waals surface area contributed by atoms with Crippen LogP contribution >= 0.6 is 0 Å². The minimum Gasteiger partial charge on any atom is -0.465 e. The van der Waals surface area contributed by atoms with Gasteiger partial charge in [-0.2, -0.15) is 5.26 Å². The van der Waals surface area contributed by atoms with E-state index in [-0.39, 0.29) is 12.0 Å². The van der Waals surface area contributed by atoms with Gasteiger partial charge in [-0.15, -0.1) is 0 Å². The van der Waals surface area contributed by atoms with E-state index < -0.39 is 5.60 Å². The number of carbonyl (C=O) groups excluding carboxylic acids is 1. The van der Waals surface area contributed by atoms with Gasteiger partial charge in [-0.05, 0) is 80.7 Å². The van der Waals surface area contributed by atoms with Crippen molar-refractivity contribution in [1.29, 1.82) is 5.26 Å². The van der Waals surface area contributed by atoms with E-state index in [0.29, 0.717) is 24.0 Å². The fraction of sp³-hybridized carbons (Fsp3) is 0.391. The lowest BCUT2D eigenvalue weighted by molar-refractivity contribution is -0.00937. The Morgan fingerprint density at radius 1 is 1.21 bits per heavy atom. The minimum absolute atomic E-state index is 0.135. The van der Waals surface area contributed by atoms with Gasteiger partial charge >= 0.3 is 5.97 Å². The molecule has 0 bridgehead atoms. The average Bonchev–Trinajstić information content (AvgIpc) is 2.77. The Bertz CT molecular complexity index is 850. The predicted molar refractivity (Wildman–Crippen MR) is 112 cm³/mol. The second-order valence-corrected chi connectivity index (χ2v) is 7.47. The van der Waals surface area contributed by atoms with Crippen LogP contribution in [0.15, 0.2) is 48.5 Å². The molecule has 1 atom stereocenters. The largest absolute Gasteiger partial charge is 0.465 e. The number of carbonyl (C=O) groups is 1. The van der Waals surface area contributed by atoms with Gasteiger partial charge in [0.2, 0.25) is 0 Å². The molecule has 2 aromatic carbocycles. The molecule has 0 radical (unpaired) electrons. The van der Waals surface area contributed by atoms with Crippen molar-refractivity contribution in [3.63, 3.8) is 0 Å². The fourth-order valence-corrected chi connectivity index (χ4v) is 3.76. The zero-order valence-corrected chi connectivity index (χ0v) is 16.6. The summed E-state index contributed by atoms with van der Waals surface area (Å²) < 4.78 is 4.75. The summed E-state index contributed by atoms with van der Waals surface area (Å²) in [6.45, 7) is 1.57. The monoisotopic (exact) mass is 393 g/mol. The molecular formula is C23H27N3O3. The number of aryl methyl sites for hydroxylation is 1. The molecular weight excluding hydrogens is 366 g/mol. The molecule has 6 nitrogen and oxygen atoms in total. The number of nitriles is 1. The van der Waals surface area contributed by atoms with Crippen LogP contribution in [0, 0.1) is 11.3 Å². The molecule has 6 heteroatoms. The van der Waals surface area contributed by atoms with Crippen LogP contribution in [0.2, 0.25) is 0 Å². The fourth-order valence-electron chi connectivity index (χ4n) is 3.76. The van der Waals surface area contributed by atoms with Crippen LogP contribution < -0.4 is 10.6 Å². The highest BCUT2D eigenvalue weighted by Gasteiger charge is 2.37. The van der Waals surface area contributed by atoms with Crippen LogP contribution in [0.25, 0.3) is 0 Å². The van der Waals surface area contributed by atoms with Crippen molar-refractivity contribution in [3.8, 4) is 6.07 Å². The number of esters is 1. The SMILES string of the molecule is COC(=O)c1ccc(NC(CCc2ccc(C#N)cc2)C2(O)CCNCC2)cc1. The number of aliphatic hydroxyl groups is 1. The van der Waals surface area contributed by atoms with E-state index in [4.69, 9.17) is 10.00 Å². The first-order valence-corrected chi connectivity index (χ1v) is 9.91. The summed E-state index contributed by atoms with van der Waals surface area (Å²) in [5.74, 6) is -0.370. The van der Waals surface area contributed by atoms with Gasteiger partial charge in [0.05, 0.1) is 35.9 Å². The smallest absolute Gasteiger partial charge is 0.337 e. The van der Waals surface area contributed by atoms with Crippen LogP contribution in [0.4, 0.5) is 5.69 Å². The molecule has 1 heterocycles. The van der Waals surface area contributed by atoms with Crippen LogP contribution in [0.3, 0.4) is 0 Å². The second kappa shape index (κ2) is 9.55. The lowest BCUT2D eigenvalue weighted by Gasteiger charge is -2.40. The summed E-state index contributed by atoms with van der Waals surface area (Å²) in [6, 6.07) is 16.7. The van der Waals surface area contributed by atoms with Gasteiger partial charge in [0.1, 0.15) is 0 Å². The molecule has 1 unspecified atom stereocenters. The van der Waals surface area contributed by atoms with Gasteiger partial charge in [0.25, 0.3) is 0 Å². The van der Waals surface area contributed by atoms with Crippen molar-refractivity contribution in [2.45, 2.75) is 37.3 Å². The standard InChI is InChI=1S/C23H27N3O3/c1-29-22(27)19-7-9-20(10-8-19)26-21(23(28)12-14-25-15-13-23)11-6-17-2-4-18(16-24)5-3-17/h2-5,7-10,21,25-26,28H,6,11-15H2,1H3. The summed E-state index contributed by atoms with van der Waals surface area (Å²) in [5, 5.41) is 27.1. The number of ether oxygens (including phenoxy) is 1. The Kier molecular flexibility index (Phi) is 6.86. The van der Waals surface area contributed by atoms with Crippen LogP contribution in [0.5, 0.6) is 0 Å². The first-order chi connectivity index (χ1) is 14.0. The number of benzene rings is 2. The molecule has 3 N–H and O–H groups in total. The maximum absolute atomic E-state index is 11.6. The topological polar surface area (TPSA) is 94.4 Å². The van der Waals surface area contributed by atoms with Crippen molar-refractivity contribution in [3.05, 3.63) is 65.2 Å². The number of hydrogen-bond acceptors (Lipinski definition) is 6. The van der Waals surface area contributed by atoms with E-state index >= 15 is 0 Å². The molecule has 2 aromatic rings. The summed E-state index contributed by atoms with van der Waals surface area (Å²) in [7, 11) is 1.36. The number of anilines is 1. The summed E-state index contributed by atoms with van der Waals surface area (Å²) >= 11 is 0. The van der Waals surface area contributed by atoms with Gasteiger partial charge in [-0.1, -0.05) is 12.1 Å². The van der Waals surface area contributed by atoms with Crippen molar-refractivity contribution in [1.82, 2.24) is 5.32 Å². The number of piperidine rings is 1. The number of methoxy groups -OCH3 is 1. The molecule has 0 aliphatic carbocycles. The lowest BCUT2D eigenvalue weighted by Crippen LogP contribution is -2.53. The molecule has 0 aromatic heterocycles. The van der Waals surface area contributed by atoms with Crippen LogP contribution in [0.1, 0.15) is 40.7 Å². The first-order valence-electron chi connectivity index (χ1n) is 9.91. The third-order valence-corrected chi connectivity index (χ3v) is 5.57. The summed E-state index contributed by atoms with van der Waals surface area (Å²) in [6.07, 6.45) is 2.90. The van der Waals surface area contributed by atoms with Crippen LogP contribution in [-0.2, 0) is 11.2 Å². The van der Waals surface area contributed by atoms with Gasteiger partial charge in [-0.25, -0.2) is 4.79 Å². The van der Waals surface area contributed by atoms with E-state index in [0.717, 1.165) is 37.2 Å². The van der Waals surface area contributed by atoms with Crippen molar-refractivity contribution in [2.75, 3.05) is 25.5 Å².